The van der Waals surface area contributed by atoms with E-state index in [2.05, 4.69) is 12.2 Å². The fraction of sp³-hybridized carbons (Fsp3) is 0.600. The first-order valence-corrected chi connectivity index (χ1v) is 6.09. The highest BCUT2D eigenvalue weighted by Crippen LogP contribution is 2.18. The lowest BCUT2D eigenvalue weighted by molar-refractivity contribution is 0.160. The number of hydrogen-bond acceptors (Lipinski definition) is 3. The molecule has 0 spiro atoms. The molecule has 1 heterocycles. The monoisotopic (exact) mass is 233 g/mol. The van der Waals surface area contributed by atoms with Gasteiger partial charge in [-0.3, -0.25) is 0 Å². The molecule has 0 aliphatic carbocycles. The summed E-state index contributed by atoms with van der Waals surface area (Å²) in [5, 5.41) is 15.4. The molecule has 0 amide bonds. The summed E-state index contributed by atoms with van der Waals surface area (Å²) in [6.07, 6.45) is 1.65. The molecule has 0 aromatic carbocycles. The largest absolute Gasteiger partial charge is 0.392 e. The van der Waals surface area contributed by atoms with E-state index in [4.69, 9.17) is 11.6 Å². The number of aliphatic hydroxyl groups is 1. The van der Waals surface area contributed by atoms with Crippen molar-refractivity contribution in [2.24, 2.45) is 0 Å². The zero-order valence-electron chi connectivity index (χ0n) is 8.29. The van der Waals surface area contributed by atoms with Crippen molar-refractivity contribution in [2.75, 3.05) is 6.54 Å². The summed E-state index contributed by atoms with van der Waals surface area (Å²) < 4.78 is 0. The Labute approximate surface area is 93.9 Å². The second-order valence-corrected chi connectivity index (χ2v) is 4.74. The van der Waals surface area contributed by atoms with Crippen molar-refractivity contribution in [1.29, 1.82) is 0 Å². The minimum atomic E-state index is -0.226. The second kappa shape index (κ2) is 6.40. The maximum absolute atomic E-state index is 9.45. The van der Waals surface area contributed by atoms with Gasteiger partial charge in [0.05, 0.1) is 11.1 Å². The molecular weight excluding hydrogens is 218 g/mol. The van der Waals surface area contributed by atoms with Crippen LogP contribution in [0.25, 0.3) is 0 Å². The maximum Gasteiger partial charge on any atom is 0.0664 e. The Balaban J connectivity index is 2.15. The zero-order valence-corrected chi connectivity index (χ0v) is 9.87. The maximum atomic E-state index is 9.45. The molecule has 1 aromatic heterocycles. The first kappa shape index (κ1) is 12.0. The number of halogens is 1. The van der Waals surface area contributed by atoms with E-state index in [0.29, 0.717) is 6.54 Å². The van der Waals surface area contributed by atoms with Gasteiger partial charge >= 0.3 is 0 Å². The molecule has 4 heteroatoms. The van der Waals surface area contributed by atoms with Gasteiger partial charge in [-0.15, -0.1) is 11.3 Å². The van der Waals surface area contributed by atoms with Crippen LogP contribution in [0.1, 0.15) is 24.6 Å². The summed E-state index contributed by atoms with van der Waals surface area (Å²) in [6.45, 7) is 3.52. The molecule has 0 saturated carbocycles. The van der Waals surface area contributed by atoms with Gasteiger partial charge in [-0.1, -0.05) is 24.9 Å². The summed E-state index contributed by atoms with van der Waals surface area (Å²) in [6, 6.07) is 1.95. The summed E-state index contributed by atoms with van der Waals surface area (Å²) in [5.74, 6) is 0. The zero-order chi connectivity index (χ0) is 10.4. The molecule has 0 bridgehead atoms. The molecule has 1 atom stereocenters. The van der Waals surface area contributed by atoms with Crippen molar-refractivity contribution < 1.29 is 5.11 Å². The number of nitrogens with one attached hydrogen (secondary N) is 1. The number of aliphatic hydroxyl groups excluding tert-OH is 1. The van der Waals surface area contributed by atoms with E-state index in [1.165, 1.54) is 4.88 Å². The topological polar surface area (TPSA) is 32.3 Å². The molecule has 80 valence electrons. The van der Waals surface area contributed by atoms with Crippen LogP contribution in [0.15, 0.2) is 11.4 Å². The second-order valence-electron chi connectivity index (χ2n) is 3.30. The molecule has 2 nitrogen and oxygen atoms in total. The van der Waals surface area contributed by atoms with Gasteiger partial charge in [-0.25, -0.2) is 0 Å². The average molecular weight is 234 g/mol. The van der Waals surface area contributed by atoms with Crippen LogP contribution in [0.5, 0.6) is 0 Å². The SMILES string of the molecule is CCCC(O)CNCc1cc(Cl)cs1. The van der Waals surface area contributed by atoms with E-state index in [-0.39, 0.29) is 6.10 Å². The highest BCUT2D eigenvalue weighted by atomic mass is 35.5. The molecule has 1 unspecified atom stereocenters. The quantitative estimate of drug-likeness (QED) is 0.792. The van der Waals surface area contributed by atoms with Gasteiger partial charge in [0.15, 0.2) is 0 Å². The molecule has 0 aliphatic heterocycles. The van der Waals surface area contributed by atoms with Crippen LogP contribution in [0.4, 0.5) is 0 Å². The summed E-state index contributed by atoms with van der Waals surface area (Å²) in [5.41, 5.74) is 0. The Bertz CT molecular complexity index is 264. The molecule has 0 radical (unpaired) electrons. The fourth-order valence-corrected chi connectivity index (χ4v) is 2.29. The van der Waals surface area contributed by atoms with Crippen LogP contribution in [0.3, 0.4) is 0 Å². The highest BCUT2D eigenvalue weighted by molar-refractivity contribution is 7.10. The number of rotatable bonds is 6. The van der Waals surface area contributed by atoms with Gasteiger partial charge in [0.2, 0.25) is 0 Å². The Kier molecular flexibility index (Phi) is 5.48. The third kappa shape index (κ3) is 4.42. The summed E-state index contributed by atoms with van der Waals surface area (Å²) >= 11 is 7.42. The van der Waals surface area contributed by atoms with Crippen molar-refractivity contribution in [3.8, 4) is 0 Å². The third-order valence-electron chi connectivity index (χ3n) is 1.92. The van der Waals surface area contributed by atoms with E-state index >= 15 is 0 Å². The van der Waals surface area contributed by atoms with Crippen LogP contribution >= 0.6 is 22.9 Å². The van der Waals surface area contributed by atoms with Gasteiger partial charge in [0.1, 0.15) is 0 Å². The Morgan fingerprint density at radius 2 is 2.43 bits per heavy atom. The van der Waals surface area contributed by atoms with Gasteiger partial charge < -0.3 is 10.4 Å². The smallest absolute Gasteiger partial charge is 0.0664 e. The molecule has 2 N–H and O–H groups in total. The average Bonchev–Trinajstić information content (AvgIpc) is 2.52. The van der Waals surface area contributed by atoms with Gasteiger partial charge in [-0.05, 0) is 12.5 Å². The molecule has 0 saturated heterocycles. The standard InChI is InChI=1S/C10H16ClNOS/c1-2-3-9(13)5-12-6-10-4-8(11)7-14-10/h4,7,9,12-13H,2-3,5-6H2,1H3. The van der Waals surface area contributed by atoms with Crippen LogP contribution < -0.4 is 5.32 Å². The predicted molar refractivity (Wildman–Crippen MR) is 62.0 cm³/mol. The first-order chi connectivity index (χ1) is 6.72. The van der Waals surface area contributed by atoms with Gasteiger partial charge in [0.25, 0.3) is 0 Å². The summed E-state index contributed by atoms with van der Waals surface area (Å²) in [7, 11) is 0. The van der Waals surface area contributed by atoms with Crippen molar-refractivity contribution in [1.82, 2.24) is 5.32 Å². The first-order valence-electron chi connectivity index (χ1n) is 4.84. The fourth-order valence-electron chi connectivity index (χ4n) is 1.24. The molecular formula is C10H16ClNOS. The Morgan fingerprint density at radius 3 is 3.00 bits per heavy atom. The molecule has 14 heavy (non-hydrogen) atoms. The van der Waals surface area contributed by atoms with E-state index in [0.717, 1.165) is 24.4 Å². The molecule has 1 rings (SSSR count). The predicted octanol–water partition coefficient (Wildman–Crippen LogP) is 2.65. The Hall–Kier alpha value is -0.0900. The summed E-state index contributed by atoms with van der Waals surface area (Å²) in [4.78, 5) is 1.21. The van der Waals surface area contributed by atoms with E-state index in [1.807, 2.05) is 11.4 Å². The van der Waals surface area contributed by atoms with Crippen molar-refractivity contribution >= 4 is 22.9 Å². The lowest BCUT2D eigenvalue weighted by Crippen LogP contribution is -2.25. The number of thiophene rings is 1. The minimum Gasteiger partial charge on any atom is -0.392 e. The Morgan fingerprint density at radius 1 is 1.64 bits per heavy atom. The van der Waals surface area contributed by atoms with Crippen molar-refractivity contribution in [3.05, 3.63) is 21.3 Å². The normalized spacial score (nSPS) is 13.1. The van der Waals surface area contributed by atoms with Crippen molar-refractivity contribution in [2.45, 2.75) is 32.4 Å². The van der Waals surface area contributed by atoms with E-state index in [1.54, 1.807) is 11.3 Å². The third-order valence-corrected chi connectivity index (χ3v) is 3.21. The van der Waals surface area contributed by atoms with Crippen LogP contribution in [-0.4, -0.2) is 17.8 Å². The lowest BCUT2D eigenvalue weighted by atomic mass is 10.2. The van der Waals surface area contributed by atoms with Crippen LogP contribution in [-0.2, 0) is 6.54 Å². The van der Waals surface area contributed by atoms with E-state index in [9.17, 15) is 5.11 Å². The number of hydrogen-bond donors (Lipinski definition) is 2. The van der Waals surface area contributed by atoms with Gasteiger partial charge in [0, 0.05) is 23.3 Å². The van der Waals surface area contributed by atoms with Crippen molar-refractivity contribution in [3.63, 3.8) is 0 Å². The molecule has 0 fully saturated rings. The molecule has 0 aliphatic rings. The van der Waals surface area contributed by atoms with E-state index < -0.39 is 0 Å². The van der Waals surface area contributed by atoms with Crippen LogP contribution in [0.2, 0.25) is 5.02 Å². The van der Waals surface area contributed by atoms with Crippen LogP contribution in [0, 0.1) is 0 Å². The molecule has 1 aromatic rings. The highest BCUT2D eigenvalue weighted by Gasteiger charge is 2.02. The lowest BCUT2D eigenvalue weighted by Gasteiger charge is -2.09. The van der Waals surface area contributed by atoms with Gasteiger partial charge in [-0.2, -0.15) is 0 Å². The minimum absolute atomic E-state index is 0.226.